The van der Waals surface area contributed by atoms with Crippen LogP contribution in [0, 0.1) is 0 Å². The zero-order chi connectivity index (χ0) is 24.7. The van der Waals surface area contributed by atoms with Gasteiger partial charge in [0.1, 0.15) is 5.69 Å². The topological polar surface area (TPSA) is 53.5 Å². The number of rotatable bonds is 3. The zero-order valence-corrected chi connectivity index (χ0v) is 19.9. The van der Waals surface area contributed by atoms with Crippen LogP contribution in [-0.2, 0) is 12.6 Å². The Balaban J connectivity index is 1.26. The van der Waals surface area contributed by atoms with Crippen LogP contribution in [0.2, 0.25) is 0 Å². The fraction of sp³-hybridized carbons (Fsp3) is 0.346. The lowest BCUT2D eigenvalue weighted by molar-refractivity contribution is -0.138. The molecule has 1 unspecified atom stereocenters. The van der Waals surface area contributed by atoms with Crippen LogP contribution in [0.15, 0.2) is 53.9 Å². The molecule has 1 fully saturated rings. The fourth-order valence-corrected chi connectivity index (χ4v) is 5.95. The van der Waals surface area contributed by atoms with Crippen molar-refractivity contribution in [3.63, 3.8) is 0 Å². The van der Waals surface area contributed by atoms with Gasteiger partial charge >= 0.3 is 6.18 Å². The molecule has 2 aliphatic rings. The molecule has 3 heterocycles. The second-order valence-electron chi connectivity index (χ2n) is 9.04. The Morgan fingerprint density at radius 3 is 2.43 bits per heavy atom. The molecule has 1 aromatic heterocycles. The number of likely N-dealkylation sites (tertiary alicyclic amines) is 1. The highest BCUT2D eigenvalue weighted by molar-refractivity contribution is 7.10. The van der Waals surface area contributed by atoms with Gasteiger partial charge in [-0.1, -0.05) is 30.3 Å². The highest BCUT2D eigenvalue weighted by Crippen LogP contribution is 2.36. The van der Waals surface area contributed by atoms with E-state index in [0.717, 1.165) is 28.7 Å². The van der Waals surface area contributed by atoms with Gasteiger partial charge in [-0.25, -0.2) is 4.98 Å². The van der Waals surface area contributed by atoms with E-state index >= 15 is 0 Å². The molecule has 3 aromatic rings. The number of alkyl halides is 3. The number of amides is 2. The monoisotopic (exact) mass is 499 g/mol. The van der Waals surface area contributed by atoms with Gasteiger partial charge in [-0.2, -0.15) is 13.2 Å². The van der Waals surface area contributed by atoms with Gasteiger partial charge in [0, 0.05) is 36.1 Å². The Kier molecular flexibility index (Phi) is 6.13. The van der Waals surface area contributed by atoms with E-state index in [2.05, 4.69) is 4.98 Å². The first kappa shape index (κ1) is 23.5. The molecule has 2 aromatic carbocycles. The van der Waals surface area contributed by atoms with Crippen LogP contribution < -0.4 is 4.90 Å². The van der Waals surface area contributed by atoms with E-state index < -0.39 is 17.6 Å². The maximum absolute atomic E-state index is 13.3. The molecule has 2 amide bonds. The van der Waals surface area contributed by atoms with Crippen molar-refractivity contribution in [2.75, 3.05) is 18.0 Å². The molecular formula is C26H24F3N3O2S. The molecule has 1 saturated heterocycles. The van der Waals surface area contributed by atoms with Crippen molar-refractivity contribution < 1.29 is 22.8 Å². The van der Waals surface area contributed by atoms with Crippen LogP contribution in [0.5, 0.6) is 0 Å². The van der Waals surface area contributed by atoms with Gasteiger partial charge in [0.05, 0.1) is 16.1 Å². The lowest BCUT2D eigenvalue weighted by Gasteiger charge is -2.31. The number of hydrogen-bond acceptors (Lipinski definition) is 4. The SMILES string of the molecule is CC1Cc2ccccc2N1C(=O)c1csc(C2CCN(C(=O)c3ccccc3C(F)(F)F)CC2)n1. The normalized spacial score (nSPS) is 18.6. The van der Waals surface area contributed by atoms with Crippen LogP contribution in [0.4, 0.5) is 18.9 Å². The van der Waals surface area contributed by atoms with Crippen molar-refractivity contribution in [3.8, 4) is 0 Å². The molecule has 35 heavy (non-hydrogen) atoms. The number of thiazole rings is 1. The van der Waals surface area contributed by atoms with Gasteiger partial charge in [0.25, 0.3) is 11.8 Å². The molecule has 0 saturated carbocycles. The fourth-order valence-electron chi connectivity index (χ4n) is 4.99. The number of aromatic nitrogens is 1. The van der Waals surface area contributed by atoms with E-state index in [1.807, 2.05) is 31.2 Å². The minimum atomic E-state index is -4.58. The van der Waals surface area contributed by atoms with Crippen molar-refractivity contribution >= 4 is 28.8 Å². The van der Waals surface area contributed by atoms with Crippen molar-refractivity contribution in [1.82, 2.24) is 9.88 Å². The zero-order valence-electron chi connectivity index (χ0n) is 19.1. The highest BCUT2D eigenvalue weighted by Gasteiger charge is 2.37. The Bertz CT molecular complexity index is 1260. The van der Waals surface area contributed by atoms with E-state index in [-0.39, 0.29) is 23.4 Å². The van der Waals surface area contributed by atoms with Crippen LogP contribution in [0.25, 0.3) is 0 Å². The molecule has 5 nitrogen and oxygen atoms in total. The largest absolute Gasteiger partial charge is 0.417 e. The van der Waals surface area contributed by atoms with Gasteiger partial charge in [0.2, 0.25) is 0 Å². The molecule has 0 spiro atoms. The third-order valence-electron chi connectivity index (χ3n) is 6.76. The van der Waals surface area contributed by atoms with Gasteiger partial charge in [-0.3, -0.25) is 9.59 Å². The molecular weight excluding hydrogens is 475 g/mol. The summed E-state index contributed by atoms with van der Waals surface area (Å²) >= 11 is 1.43. The predicted octanol–water partition coefficient (Wildman–Crippen LogP) is 5.77. The lowest BCUT2D eigenvalue weighted by atomic mass is 9.96. The second kappa shape index (κ2) is 9.11. The molecule has 1 atom stereocenters. The number of carbonyl (C=O) groups is 2. The van der Waals surface area contributed by atoms with Crippen LogP contribution in [-0.4, -0.2) is 40.8 Å². The molecule has 0 aliphatic carbocycles. The summed E-state index contributed by atoms with van der Waals surface area (Å²) in [5.41, 5.74) is 1.25. The molecule has 0 radical (unpaired) electrons. The number of piperidine rings is 1. The summed E-state index contributed by atoms with van der Waals surface area (Å²) in [6.45, 7) is 2.71. The van der Waals surface area contributed by atoms with Crippen LogP contribution in [0.3, 0.4) is 0 Å². The third kappa shape index (κ3) is 4.45. The van der Waals surface area contributed by atoms with Gasteiger partial charge in [-0.15, -0.1) is 11.3 Å². The number of halogens is 3. The van der Waals surface area contributed by atoms with Crippen molar-refractivity contribution in [1.29, 1.82) is 0 Å². The number of para-hydroxylation sites is 1. The standard InChI is InChI=1S/C26H24F3N3O2S/c1-16-14-18-6-2-5-9-22(18)32(16)25(34)21-15-35-23(30-21)17-10-12-31(13-11-17)24(33)19-7-3-4-8-20(19)26(27,28)29/h2-9,15-17H,10-14H2,1H3. The van der Waals surface area contributed by atoms with E-state index in [1.54, 1.807) is 10.3 Å². The van der Waals surface area contributed by atoms with Crippen LogP contribution >= 0.6 is 11.3 Å². The Hall–Kier alpha value is -3.20. The minimum absolute atomic E-state index is 0.0545. The predicted molar refractivity (Wildman–Crippen MR) is 128 cm³/mol. The summed E-state index contributed by atoms with van der Waals surface area (Å²) in [6.07, 6.45) is -2.60. The Morgan fingerprint density at radius 1 is 1.00 bits per heavy atom. The van der Waals surface area contributed by atoms with Gasteiger partial charge in [-0.05, 0) is 49.9 Å². The quantitative estimate of drug-likeness (QED) is 0.460. The summed E-state index contributed by atoms with van der Waals surface area (Å²) in [6, 6.07) is 12.8. The minimum Gasteiger partial charge on any atom is -0.339 e. The van der Waals surface area contributed by atoms with Crippen molar-refractivity contribution in [3.05, 3.63) is 81.3 Å². The summed E-state index contributed by atoms with van der Waals surface area (Å²) in [4.78, 5) is 34.0. The average Bonchev–Trinajstić information content (AvgIpc) is 3.47. The number of hydrogen-bond donors (Lipinski definition) is 0. The average molecular weight is 500 g/mol. The molecule has 9 heteroatoms. The first-order chi connectivity index (χ1) is 16.7. The maximum atomic E-state index is 13.3. The second-order valence-corrected chi connectivity index (χ2v) is 9.93. The Labute approximate surface area is 205 Å². The molecule has 2 aliphatic heterocycles. The van der Waals surface area contributed by atoms with E-state index in [0.29, 0.717) is 31.6 Å². The van der Waals surface area contributed by atoms with Crippen LogP contribution in [0.1, 0.15) is 62.7 Å². The first-order valence-electron chi connectivity index (χ1n) is 11.6. The summed E-state index contributed by atoms with van der Waals surface area (Å²) in [7, 11) is 0. The number of nitrogens with zero attached hydrogens (tertiary/aromatic N) is 3. The molecule has 0 N–H and O–H groups in total. The number of carbonyl (C=O) groups excluding carboxylic acids is 2. The maximum Gasteiger partial charge on any atom is 0.417 e. The van der Waals surface area contributed by atoms with E-state index in [1.165, 1.54) is 34.4 Å². The number of anilines is 1. The molecule has 182 valence electrons. The summed E-state index contributed by atoms with van der Waals surface area (Å²) in [5.74, 6) is -0.666. The Morgan fingerprint density at radius 2 is 1.69 bits per heavy atom. The van der Waals surface area contributed by atoms with Crippen molar-refractivity contribution in [2.24, 2.45) is 0 Å². The summed E-state index contributed by atoms with van der Waals surface area (Å²) in [5, 5.41) is 2.61. The smallest absolute Gasteiger partial charge is 0.339 e. The van der Waals surface area contributed by atoms with Gasteiger partial charge in [0.15, 0.2) is 0 Å². The molecule has 5 rings (SSSR count). The van der Waals surface area contributed by atoms with E-state index in [4.69, 9.17) is 0 Å². The third-order valence-corrected chi connectivity index (χ3v) is 7.77. The van der Waals surface area contributed by atoms with Crippen molar-refractivity contribution in [2.45, 2.75) is 44.3 Å². The number of fused-ring (bicyclic) bond motifs is 1. The van der Waals surface area contributed by atoms with E-state index in [9.17, 15) is 22.8 Å². The van der Waals surface area contributed by atoms with Gasteiger partial charge < -0.3 is 9.80 Å². The highest BCUT2D eigenvalue weighted by atomic mass is 32.1. The lowest BCUT2D eigenvalue weighted by Crippen LogP contribution is -2.38. The number of benzene rings is 2. The first-order valence-corrected chi connectivity index (χ1v) is 12.4. The summed E-state index contributed by atoms with van der Waals surface area (Å²) < 4.78 is 40.0. The molecule has 0 bridgehead atoms.